The zero-order valence-corrected chi connectivity index (χ0v) is 19.1. The van der Waals surface area contributed by atoms with Gasteiger partial charge in [0.15, 0.2) is 0 Å². The van der Waals surface area contributed by atoms with Gasteiger partial charge in [0.1, 0.15) is 35.1 Å². The molecule has 6 rings (SSSR count). The first-order chi connectivity index (χ1) is 16.6. The Labute approximate surface area is 198 Å². The van der Waals surface area contributed by atoms with Gasteiger partial charge in [-0.25, -0.2) is 9.98 Å². The van der Waals surface area contributed by atoms with E-state index >= 15 is 0 Å². The van der Waals surface area contributed by atoms with Crippen molar-refractivity contribution in [2.75, 3.05) is 13.7 Å². The molecule has 0 spiro atoms. The van der Waals surface area contributed by atoms with Crippen LogP contribution in [0, 0.1) is 0 Å². The molecule has 2 aliphatic rings. The summed E-state index contributed by atoms with van der Waals surface area (Å²) in [5.74, 6) is 1.04. The van der Waals surface area contributed by atoms with Crippen molar-refractivity contribution in [2.45, 2.75) is 37.2 Å². The lowest BCUT2D eigenvalue weighted by Crippen LogP contribution is -2.56. The van der Waals surface area contributed by atoms with Crippen molar-refractivity contribution in [3.63, 3.8) is 0 Å². The van der Waals surface area contributed by atoms with E-state index in [1.165, 1.54) is 0 Å². The van der Waals surface area contributed by atoms with Crippen molar-refractivity contribution >= 4 is 38.4 Å². The predicted molar refractivity (Wildman–Crippen MR) is 126 cm³/mol. The molecule has 0 unspecified atom stereocenters. The molecule has 4 aromatic rings. The van der Waals surface area contributed by atoms with Gasteiger partial charge in [-0.05, 0) is 24.3 Å². The number of aliphatic hydroxyl groups excluding tert-OH is 3. The van der Waals surface area contributed by atoms with E-state index in [0.717, 1.165) is 37.4 Å². The molecular weight excluding hydrogens is 458 g/mol. The summed E-state index contributed by atoms with van der Waals surface area (Å²) < 4.78 is 20.3. The number of hydrogen-bond donors (Lipinski definition) is 3. The van der Waals surface area contributed by atoms with Crippen LogP contribution in [-0.2, 0) is 16.0 Å². The molecule has 0 aliphatic carbocycles. The average Bonchev–Trinajstić information content (AvgIpc) is 3.56. The van der Waals surface area contributed by atoms with Crippen LogP contribution in [0.4, 0.5) is 0 Å². The Hall–Kier alpha value is -3.02. The molecule has 34 heavy (non-hydrogen) atoms. The number of aliphatic imine (C=N–C) groups is 1. The summed E-state index contributed by atoms with van der Waals surface area (Å²) in [7, 11) is 1.62. The SMILES string of the molecule is COc1ccc2c(C3=N[C@H]4[C@@H](O3)O[C@H](CO)[C@@H](O)[C@@H]4O)cn(Cc3nc4ccccc4s3)c2c1. The second kappa shape index (κ2) is 8.33. The van der Waals surface area contributed by atoms with Crippen molar-refractivity contribution < 1.29 is 29.5 Å². The van der Waals surface area contributed by atoms with Crippen molar-refractivity contribution in [3.05, 3.63) is 59.2 Å². The second-order valence-corrected chi connectivity index (χ2v) is 9.49. The Morgan fingerprint density at radius 2 is 2.00 bits per heavy atom. The topological polar surface area (TPSA) is 119 Å². The quantitative estimate of drug-likeness (QED) is 0.398. The fourth-order valence-corrected chi connectivity index (χ4v) is 5.51. The van der Waals surface area contributed by atoms with Crippen LogP contribution in [-0.4, -0.2) is 75.1 Å². The maximum Gasteiger partial charge on any atom is 0.227 e. The molecule has 0 radical (unpaired) electrons. The minimum Gasteiger partial charge on any atom is -0.497 e. The minimum atomic E-state index is -1.25. The first kappa shape index (κ1) is 21.5. The third-order valence-electron chi connectivity index (χ3n) is 6.31. The first-order valence-corrected chi connectivity index (χ1v) is 11.8. The summed E-state index contributed by atoms with van der Waals surface area (Å²) in [5.41, 5.74) is 2.62. The lowest BCUT2D eigenvalue weighted by atomic mass is 9.98. The molecule has 3 N–H and O–H groups in total. The van der Waals surface area contributed by atoms with Crippen LogP contribution in [0.2, 0.25) is 0 Å². The van der Waals surface area contributed by atoms with Gasteiger partial charge in [-0.2, -0.15) is 0 Å². The van der Waals surface area contributed by atoms with E-state index in [1.54, 1.807) is 18.4 Å². The van der Waals surface area contributed by atoms with E-state index in [9.17, 15) is 15.3 Å². The first-order valence-electron chi connectivity index (χ1n) is 10.9. The van der Waals surface area contributed by atoms with E-state index in [2.05, 4.69) is 15.6 Å². The molecule has 4 heterocycles. The van der Waals surface area contributed by atoms with Crippen LogP contribution in [0.3, 0.4) is 0 Å². The fourth-order valence-electron chi connectivity index (χ4n) is 4.54. The number of fused-ring (bicyclic) bond motifs is 3. The average molecular weight is 482 g/mol. The lowest BCUT2D eigenvalue weighted by molar-refractivity contribution is -0.234. The number of thiazole rings is 1. The number of benzene rings is 2. The molecule has 176 valence electrons. The summed E-state index contributed by atoms with van der Waals surface area (Å²) in [6.45, 7) is 0.120. The van der Waals surface area contributed by atoms with Crippen LogP contribution in [0.5, 0.6) is 5.75 Å². The van der Waals surface area contributed by atoms with Crippen LogP contribution in [0.1, 0.15) is 10.6 Å². The smallest absolute Gasteiger partial charge is 0.227 e. The number of hydrogen-bond acceptors (Lipinski definition) is 9. The number of methoxy groups -OCH3 is 1. The molecule has 0 bridgehead atoms. The molecule has 2 aliphatic heterocycles. The number of aromatic nitrogens is 2. The zero-order valence-electron chi connectivity index (χ0n) is 18.2. The van der Waals surface area contributed by atoms with Gasteiger partial charge < -0.3 is 34.1 Å². The van der Waals surface area contributed by atoms with Crippen LogP contribution >= 0.6 is 11.3 Å². The van der Waals surface area contributed by atoms with E-state index in [1.807, 2.05) is 42.6 Å². The summed E-state index contributed by atoms with van der Waals surface area (Å²) in [4.78, 5) is 9.31. The molecular formula is C24H23N3O6S. The van der Waals surface area contributed by atoms with E-state index in [-0.39, 0.29) is 0 Å². The summed E-state index contributed by atoms with van der Waals surface area (Å²) in [5, 5.41) is 32.0. The monoisotopic (exact) mass is 481 g/mol. The van der Waals surface area contributed by atoms with Gasteiger partial charge in [0.25, 0.3) is 0 Å². The Balaban J connectivity index is 1.40. The number of ether oxygens (including phenoxy) is 3. The molecule has 2 aromatic heterocycles. The van der Waals surface area contributed by atoms with Crippen LogP contribution in [0.15, 0.2) is 53.7 Å². The Morgan fingerprint density at radius 1 is 1.15 bits per heavy atom. The maximum absolute atomic E-state index is 10.5. The minimum absolute atomic E-state index is 0.318. The van der Waals surface area contributed by atoms with Gasteiger partial charge in [-0.3, -0.25) is 0 Å². The predicted octanol–water partition coefficient (Wildman–Crippen LogP) is 1.89. The van der Waals surface area contributed by atoms with Crippen molar-refractivity contribution in [1.82, 2.24) is 9.55 Å². The van der Waals surface area contributed by atoms with Gasteiger partial charge >= 0.3 is 0 Å². The highest BCUT2D eigenvalue weighted by atomic mass is 32.1. The molecule has 9 nitrogen and oxygen atoms in total. The molecule has 1 saturated heterocycles. The van der Waals surface area contributed by atoms with Gasteiger partial charge in [0.05, 0.1) is 41.6 Å². The van der Waals surface area contributed by atoms with Crippen LogP contribution in [0.25, 0.3) is 21.1 Å². The normalized spacial score (nSPS) is 26.5. The zero-order chi connectivity index (χ0) is 23.4. The lowest BCUT2D eigenvalue weighted by Gasteiger charge is -2.36. The van der Waals surface area contributed by atoms with Gasteiger partial charge in [-0.15, -0.1) is 11.3 Å². The highest BCUT2D eigenvalue weighted by molar-refractivity contribution is 7.18. The number of aliphatic hydroxyl groups is 3. The van der Waals surface area contributed by atoms with Gasteiger partial charge in [0, 0.05) is 17.6 Å². The van der Waals surface area contributed by atoms with Crippen molar-refractivity contribution in [2.24, 2.45) is 4.99 Å². The standard InChI is InChI=1S/C24H23N3O6S/c1-31-12-6-7-13-14(23-26-20-22(30)21(29)17(11-28)32-24(20)33-23)9-27(16(13)8-12)10-19-25-15-4-2-3-5-18(15)34-19/h2-9,17,20-22,24,28-30H,10-11H2,1H3/t17-,20-,21-,22-,24-/m1/s1. The molecule has 0 amide bonds. The number of nitrogens with zero attached hydrogens (tertiary/aromatic N) is 3. The van der Waals surface area contributed by atoms with Crippen LogP contribution < -0.4 is 4.74 Å². The third-order valence-corrected chi connectivity index (χ3v) is 7.33. The largest absolute Gasteiger partial charge is 0.497 e. The third kappa shape index (κ3) is 3.46. The number of rotatable bonds is 5. The molecule has 2 aromatic carbocycles. The van der Waals surface area contributed by atoms with E-state index < -0.39 is 37.3 Å². The van der Waals surface area contributed by atoms with Gasteiger partial charge in [0.2, 0.25) is 12.2 Å². The molecule has 10 heteroatoms. The summed E-state index contributed by atoms with van der Waals surface area (Å²) in [6.07, 6.45) is -2.33. The molecule has 1 fully saturated rings. The Morgan fingerprint density at radius 3 is 2.79 bits per heavy atom. The molecule has 0 saturated carbocycles. The highest BCUT2D eigenvalue weighted by Gasteiger charge is 2.49. The molecule has 5 atom stereocenters. The Kier molecular flexibility index (Phi) is 5.27. The summed E-state index contributed by atoms with van der Waals surface area (Å²) >= 11 is 1.64. The van der Waals surface area contributed by atoms with E-state index in [4.69, 9.17) is 19.2 Å². The van der Waals surface area contributed by atoms with Gasteiger partial charge in [-0.1, -0.05) is 12.1 Å². The second-order valence-electron chi connectivity index (χ2n) is 8.38. The van der Waals surface area contributed by atoms with E-state index in [0.29, 0.717) is 12.4 Å². The fraction of sp³-hybridized carbons (Fsp3) is 0.333. The number of para-hydroxylation sites is 1. The summed E-state index contributed by atoms with van der Waals surface area (Å²) in [6, 6.07) is 13.0. The Bertz CT molecular complexity index is 1370. The van der Waals surface area contributed by atoms with Crippen molar-refractivity contribution in [1.29, 1.82) is 0 Å². The van der Waals surface area contributed by atoms with Crippen molar-refractivity contribution in [3.8, 4) is 5.75 Å². The highest BCUT2D eigenvalue weighted by Crippen LogP contribution is 2.34. The maximum atomic E-state index is 10.5.